The largest absolute Gasteiger partial charge is 0.472 e. The molecule has 1 amide bonds. The molecule has 160 valence electrons. The van der Waals surface area contributed by atoms with Crippen molar-refractivity contribution in [2.45, 2.75) is 44.4 Å². The first-order chi connectivity index (χ1) is 15.2. The van der Waals surface area contributed by atoms with Crippen LogP contribution in [0, 0.1) is 0 Å². The topological polar surface area (TPSA) is 102 Å². The Morgan fingerprint density at radius 1 is 1.26 bits per heavy atom. The average Bonchev–Trinajstić information content (AvgIpc) is 3.55. The molecule has 3 aromatic heterocycles. The zero-order valence-corrected chi connectivity index (χ0v) is 17.6. The fourth-order valence-corrected chi connectivity index (χ4v) is 4.84. The fraction of sp³-hybridized carbons (Fsp3) is 0.391. The highest BCUT2D eigenvalue weighted by molar-refractivity contribution is 6.00. The number of aromatic nitrogens is 5. The fourth-order valence-electron chi connectivity index (χ4n) is 4.84. The molecule has 1 fully saturated rings. The maximum absolute atomic E-state index is 12.8. The van der Waals surface area contributed by atoms with Crippen LogP contribution in [0.15, 0.2) is 41.2 Å². The summed E-state index contributed by atoms with van der Waals surface area (Å²) in [5.41, 5.74) is 5.40. The zero-order valence-electron chi connectivity index (χ0n) is 17.6. The van der Waals surface area contributed by atoms with Crippen molar-refractivity contribution >= 4 is 16.8 Å². The van der Waals surface area contributed by atoms with Gasteiger partial charge < -0.3 is 14.3 Å². The number of rotatable bonds is 6. The monoisotopic (exact) mass is 418 g/mol. The second-order valence-electron chi connectivity index (χ2n) is 8.23. The number of amides is 1. The number of benzene rings is 1. The van der Waals surface area contributed by atoms with Crippen LogP contribution < -0.4 is 5.32 Å². The molecule has 0 atom stereocenters. The molecule has 1 aliphatic carbocycles. The van der Waals surface area contributed by atoms with Gasteiger partial charge in [-0.3, -0.25) is 4.79 Å². The van der Waals surface area contributed by atoms with Gasteiger partial charge in [-0.15, -0.1) is 10.2 Å². The molecule has 0 spiro atoms. The quantitative estimate of drug-likeness (QED) is 0.493. The van der Waals surface area contributed by atoms with Crippen molar-refractivity contribution in [3.63, 3.8) is 0 Å². The molecule has 8 nitrogen and oxygen atoms in total. The third-order valence-electron chi connectivity index (χ3n) is 6.33. The van der Waals surface area contributed by atoms with E-state index in [1.54, 1.807) is 6.26 Å². The molecule has 1 saturated carbocycles. The van der Waals surface area contributed by atoms with Gasteiger partial charge in [0.15, 0.2) is 5.82 Å². The van der Waals surface area contributed by atoms with E-state index in [-0.39, 0.29) is 5.91 Å². The summed E-state index contributed by atoms with van der Waals surface area (Å²) in [5.74, 6) is 1.02. The highest BCUT2D eigenvalue weighted by Crippen LogP contribution is 2.43. The second-order valence-corrected chi connectivity index (χ2v) is 8.23. The van der Waals surface area contributed by atoms with E-state index in [0.29, 0.717) is 30.3 Å². The van der Waals surface area contributed by atoms with Crippen molar-refractivity contribution in [1.82, 2.24) is 30.5 Å². The number of fused-ring (bicyclic) bond motifs is 1. The third kappa shape index (κ3) is 3.73. The Kier molecular flexibility index (Phi) is 5.28. The SMILES string of the molecule is Cn1c(-c2ccoc2)c(C2CCCCC2)c2ccc(C(=O)NCCc3nn[nH]n3)cc21. The molecule has 0 saturated heterocycles. The van der Waals surface area contributed by atoms with Gasteiger partial charge in [0.1, 0.15) is 0 Å². The molecule has 5 rings (SSSR count). The van der Waals surface area contributed by atoms with E-state index in [1.165, 1.54) is 48.7 Å². The van der Waals surface area contributed by atoms with E-state index >= 15 is 0 Å². The molecule has 3 heterocycles. The first kappa shape index (κ1) is 19.5. The third-order valence-corrected chi connectivity index (χ3v) is 6.33. The van der Waals surface area contributed by atoms with Gasteiger partial charge in [-0.25, -0.2) is 0 Å². The lowest BCUT2D eigenvalue weighted by Gasteiger charge is -2.23. The van der Waals surface area contributed by atoms with Crippen molar-refractivity contribution < 1.29 is 9.21 Å². The molecule has 0 bridgehead atoms. The average molecular weight is 419 g/mol. The normalized spacial score (nSPS) is 14.9. The minimum atomic E-state index is -0.101. The number of hydrogen-bond donors (Lipinski definition) is 2. The van der Waals surface area contributed by atoms with E-state index < -0.39 is 0 Å². The first-order valence-corrected chi connectivity index (χ1v) is 10.9. The van der Waals surface area contributed by atoms with E-state index in [2.05, 4.69) is 43.6 Å². The van der Waals surface area contributed by atoms with Gasteiger partial charge >= 0.3 is 0 Å². The smallest absolute Gasteiger partial charge is 0.251 e. The lowest BCUT2D eigenvalue weighted by molar-refractivity contribution is 0.0954. The van der Waals surface area contributed by atoms with Crippen LogP contribution in [-0.4, -0.2) is 37.6 Å². The molecular weight excluding hydrogens is 392 g/mol. The number of aromatic amines is 1. The van der Waals surface area contributed by atoms with Crippen molar-refractivity contribution in [3.8, 4) is 11.3 Å². The first-order valence-electron chi connectivity index (χ1n) is 10.9. The summed E-state index contributed by atoms with van der Waals surface area (Å²) in [4.78, 5) is 12.8. The molecule has 1 aromatic carbocycles. The van der Waals surface area contributed by atoms with E-state index in [0.717, 1.165) is 11.1 Å². The molecule has 8 heteroatoms. The maximum atomic E-state index is 12.8. The number of H-pyrrole nitrogens is 1. The lowest BCUT2D eigenvalue weighted by atomic mass is 9.82. The molecular formula is C23H26N6O2. The van der Waals surface area contributed by atoms with Crippen LogP contribution in [0.5, 0.6) is 0 Å². The number of aryl methyl sites for hydroxylation is 1. The maximum Gasteiger partial charge on any atom is 0.251 e. The molecule has 0 aliphatic heterocycles. The van der Waals surface area contributed by atoms with Gasteiger partial charge in [0.25, 0.3) is 5.91 Å². The van der Waals surface area contributed by atoms with Crippen LogP contribution in [0.4, 0.5) is 0 Å². The number of tetrazole rings is 1. The van der Waals surface area contributed by atoms with E-state index in [1.807, 2.05) is 24.5 Å². The van der Waals surface area contributed by atoms with Crippen LogP contribution in [0.25, 0.3) is 22.2 Å². The minimum Gasteiger partial charge on any atom is -0.472 e. The van der Waals surface area contributed by atoms with Crippen molar-refractivity contribution in [1.29, 1.82) is 0 Å². The van der Waals surface area contributed by atoms with E-state index in [9.17, 15) is 4.79 Å². The van der Waals surface area contributed by atoms with Gasteiger partial charge in [0, 0.05) is 42.0 Å². The molecule has 0 radical (unpaired) electrons. The summed E-state index contributed by atoms with van der Waals surface area (Å²) in [6, 6.07) is 8.05. The Hall–Kier alpha value is -3.42. The zero-order chi connectivity index (χ0) is 21.2. The number of nitrogens with zero attached hydrogens (tertiary/aromatic N) is 4. The lowest BCUT2D eigenvalue weighted by Crippen LogP contribution is -2.26. The number of hydrogen-bond acceptors (Lipinski definition) is 5. The summed E-state index contributed by atoms with van der Waals surface area (Å²) < 4.78 is 7.61. The summed E-state index contributed by atoms with van der Waals surface area (Å²) in [6.07, 6.45) is 10.3. The summed E-state index contributed by atoms with van der Waals surface area (Å²) in [6.45, 7) is 0.455. The summed E-state index contributed by atoms with van der Waals surface area (Å²) in [7, 11) is 2.08. The Morgan fingerprint density at radius 2 is 2.13 bits per heavy atom. The Morgan fingerprint density at radius 3 is 2.87 bits per heavy atom. The number of nitrogens with one attached hydrogen (secondary N) is 2. The Bertz CT molecular complexity index is 1170. The van der Waals surface area contributed by atoms with Gasteiger partial charge in [-0.2, -0.15) is 5.21 Å². The predicted octanol–water partition coefficient (Wildman–Crippen LogP) is 3.97. The molecule has 4 aromatic rings. The number of carbonyl (C=O) groups excluding carboxylic acids is 1. The summed E-state index contributed by atoms with van der Waals surface area (Å²) in [5, 5.41) is 18.0. The molecule has 0 unspecified atom stereocenters. The standard InChI is InChI=1S/C23H26N6O2/c1-29-19-13-16(23(30)24-11-9-20-25-27-28-26-20)7-8-18(19)21(15-5-3-2-4-6-15)22(29)17-10-12-31-14-17/h7-8,10,12-15H,2-6,9,11H2,1H3,(H,24,30)(H,25,26,27,28). The van der Waals surface area contributed by atoms with Gasteiger partial charge in [0.2, 0.25) is 0 Å². The van der Waals surface area contributed by atoms with Crippen LogP contribution in [-0.2, 0) is 13.5 Å². The number of carbonyl (C=O) groups is 1. The highest BCUT2D eigenvalue weighted by Gasteiger charge is 2.26. The van der Waals surface area contributed by atoms with Crippen LogP contribution in [0.3, 0.4) is 0 Å². The molecule has 2 N–H and O–H groups in total. The van der Waals surface area contributed by atoms with Gasteiger partial charge in [-0.05, 0) is 42.5 Å². The predicted molar refractivity (Wildman–Crippen MR) is 117 cm³/mol. The Balaban J connectivity index is 1.48. The van der Waals surface area contributed by atoms with Crippen molar-refractivity contribution in [2.75, 3.05) is 6.54 Å². The van der Waals surface area contributed by atoms with Crippen molar-refractivity contribution in [3.05, 3.63) is 53.7 Å². The Labute approximate surface area is 180 Å². The number of furan rings is 1. The van der Waals surface area contributed by atoms with Crippen molar-refractivity contribution in [2.24, 2.45) is 7.05 Å². The van der Waals surface area contributed by atoms with Gasteiger partial charge in [-0.1, -0.05) is 30.5 Å². The van der Waals surface area contributed by atoms with E-state index in [4.69, 9.17) is 4.42 Å². The molecule has 31 heavy (non-hydrogen) atoms. The van der Waals surface area contributed by atoms with Crippen LogP contribution in [0.2, 0.25) is 0 Å². The molecule has 1 aliphatic rings. The highest BCUT2D eigenvalue weighted by atomic mass is 16.3. The minimum absolute atomic E-state index is 0.101. The van der Waals surface area contributed by atoms with Crippen LogP contribution in [0.1, 0.15) is 59.8 Å². The van der Waals surface area contributed by atoms with Gasteiger partial charge in [0.05, 0.1) is 18.2 Å². The summed E-state index contributed by atoms with van der Waals surface area (Å²) >= 11 is 0. The second kappa shape index (κ2) is 8.37. The van der Waals surface area contributed by atoms with Crippen LogP contribution >= 0.6 is 0 Å².